The van der Waals surface area contributed by atoms with Crippen LogP contribution in [-0.2, 0) is 4.79 Å². The molecule has 1 N–H and O–H groups in total. The van der Waals surface area contributed by atoms with Gasteiger partial charge in [-0.3, -0.25) is 19.8 Å². The molecule has 144 valence electrons. The molecule has 1 aromatic carbocycles. The number of nitro groups is 1. The van der Waals surface area contributed by atoms with Crippen LogP contribution in [0.2, 0.25) is 0 Å². The van der Waals surface area contributed by atoms with E-state index in [4.69, 9.17) is 0 Å². The first-order chi connectivity index (χ1) is 12.2. The Morgan fingerprint density at radius 2 is 1.96 bits per heavy atom. The van der Waals surface area contributed by atoms with Crippen molar-refractivity contribution < 1.29 is 9.72 Å². The molecule has 26 heavy (non-hydrogen) atoms. The zero-order valence-corrected chi connectivity index (χ0v) is 16.2. The Bertz CT molecular complexity index is 655. The summed E-state index contributed by atoms with van der Waals surface area (Å²) in [6.45, 7) is 13.1. The second-order valence-electron chi connectivity index (χ2n) is 7.86. The number of anilines is 1. The van der Waals surface area contributed by atoms with Crippen molar-refractivity contribution in [3.63, 3.8) is 0 Å². The van der Waals surface area contributed by atoms with Gasteiger partial charge >= 0.3 is 0 Å². The maximum atomic E-state index is 12.3. The normalized spacial score (nSPS) is 16.9. The van der Waals surface area contributed by atoms with E-state index in [-0.39, 0.29) is 17.1 Å². The molecular weight excluding hydrogens is 332 g/mol. The standard InChI is InChI=1S/C19H30N4O3/c1-15-16(7-5-8-17(15)23(25)26)20-18(24)9-12-21-10-6-11-22(14-13-21)19(2,3)4/h5,7-8H,6,9-14H2,1-4H3,(H,20,24). The predicted molar refractivity (Wildman–Crippen MR) is 103 cm³/mol. The molecule has 0 bridgehead atoms. The Balaban J connectivity index is 1.86. The van der Waals surface area contributed by atoms with Gasteiger partial charge < -0.3 is 10.2 Å². The van der Waals surface area contributed by atoms with Gasteiger partial charge in [-0.05, 0) is 53.3 Å². The highest BCUT2D eigenvalue weighted by atomic mass is 16.6. The van der Waals surface area contributed by atoms with Crippen molar-refractivity contribution in [1.82, 2.24) is 9.80 Å². The second kappa shape index (κ2) is 8.60. The Morgan fingerprint density at radius 3 is 2.62 bits per heavy atom. The summed E-state index contributed by atoms with van der Waals surface area (Å²) in [4.78, 5) is 27.7. The molecular formula is C19H30N4O3. The van der Waals surface area contributed by atoms with Crippen LogP contribution < -0.4 is 5.32 Å². The number of benzene rings is 1. The maximum absolute atomic E-state index is 12.3. The van der Waals surface area contributed by atoms with Crippen LogP contribution in [0.4, 0.5) is 11.4 Å². The highest BCUT2D eigenvalue weighted by Crippen LogP contribution is 2.25. The lowest BCUT2D eigenvalue weighted by Gasteiger charge is -2.34. The van der Waals surface area contributed by atoms with Crippen LogP contribution >= 0.6 is 0 Å². The second-order valence-corrected chi connectivity index (χ2v) is 7.86. The van der Waals surface area contributed by atoms with E-state index < -0.39 is 4.92 Å². The lowest BCUT2D eigenvalue weighted by molar-refractivity contribution is -0.385. The Morgan fingerprint density at radius 1 is 1.23 bits per heavy atom. The molecule has 7 nitrogen and oxygen atoms in total. The number of carbonyl (C=O) groups excluding carboxylic acids is 1. The molecule has 7 heteroatoms. The number of hydrogen-bond donors (Lipinski definition) is 1. The van der Waals surface area contributed by atoms with Crippen LogP contribution in [0.15, 0.2) is 18.2 Å². The molecule has 1 aliphatic heterocycles. The molecule has 0 unspecified atom stereocenters. The number of nitro benzene ring substituents is 1. The third-order valence-electron chi connectivity index (χ3n) is 4.97. The zero-order chi connectivity index (χ0) is 19.3. The van der Waals surface area contributed by atoms with E-state index in [2.05, 4.69) is 35.9 Å². The first kappa shape index (κ1) is 20.3. The maximum Gasteiger partial charge on any atom is 0.274 e. The van der Waals surface area contributed by atoms with E-state index in [0.717, 1.165) is 32.6 Å². The molecule has 1 aliphatic rings. The average Bonchev–Trinajstić information content (AvgIpc) is 2.80. The van der Waals surface area contributed by atoms with Gasteiger partial charge in [0.25, 0.3) is 5.69 Å². The summed E-state index contributed by atoms with van der Waals surface area (Å²) in [7, 11) is 0. The molecule has 1 amide bonds. The van der Waals surface area contributed by atoms with Gasteiger partial charge in [-0.1, -0.05) is 6.07 Å². The van der Waals surface area contributed by atoms with E-state index in [9.17, 15) is 14.9 Å². The van der Waals surface area contributed by atoms with Crippen LogP contribution in [0.5, 0.6) is 0 Å². The number of nitrogens with zero attached hydrogens (tertiary/aromatic N) is 3. The predicted octanol–water partition coefficient (Wildman–Crippen LogP) is 3.04. The molecule has 2 rings (SSSR count). The van der Waals surface area contributed by atoms with Crippen LogP contribution in [0.25, 0.3) is 0 Å². The molecule has 0 aliphatic carbocycles. The molecule has 0 radical (unpaired) electrons. The summed E-state index contributed by atoms with van der Waals surface area (Å²) in [6.07, 6.45) is 1.49. The van der Waals surface area contributed by atoms with Crippen molar-refractivity contribution in [2.24, 2.45) is 0 Å². The minimum atomic E-state index is -0.427. The first-order valence-electron chi connectivity index (χ1n) is 9.20. The number of carbonyl (C=O) groups is 1. The Hall–Kier alpha value is -1.99. The average molecular weight is 362 g/mol. The van der Waals surface area contributed by atoms with Crippen LogP contribution in [0, 0.1) is 17.0 Å². The molecule has 1 fully saturated rings. The van der Waals surface area contributed by atoms with Gasteiger partial charge in [-0.25, -0.2) is 0 Å². The van der Waals surface area contributed by atoms with Gasteiger partial charge in [0.1, 0.15) is 0 Å². The van der Waals surface area contributed by atoms with Crippen LogP contribution in [0.3, 0.4) is 0 Å². The van der Waals surface area contributed by atoms with Crippen molar-refractivity contribution >= 4 is 17.3 Å². The van der Waals surface area contributed by atoms with Crippen LogP contribution in [0.1, 0.15) is 39.2 Å². The quantitative estimate of drug-likeness (QED) is 0.643. The lowest BCUT2D eigenvalue weighted by atomic mass is 10.1. The number of hydrogen-bond acceptors (Lipinski definition) is 5. The summed E-state index contributed by atoms with van der Waals surface area (Å²) >= 11 is 0. The van der Waals surface area contributed by atoms with E-state index in [1.165, 1.54) is 6.07 Å². The molecule has 1 saturated heterocycles. The van der Waals surface area contributed by atoms with Crippen molar-refractivity contribution in [2.45, 2.75) is 46.1 Å². The Labute approximate surface area is 155 Å². The highest BCUT2D eigenvalue weighted by molar-refractivity contribution is 5.92. The van der Waals surface area contributed by atoms with Gasteiger partial charge in [-0.15, -0.1) is 0 Å². The summed E-state index contributed by atoms with van der Waals surface area (Å²) < 4.78 is 0. The van der Waals surface area contributed by atoms with Gasteiger partial charge in [0.15, 0.2) is 0 Å². The fourth-order valence-corrected chi connectivity index (χ4v) is 3.29. The summed E-state index contributed by atoms with van der Waals surface area (Å²) in [6, 6.07) is 4.74. The minimum absolute atomic E-state index is 0.0255. The molecule has 0 spiro atoms. The SMILES string of the molecule is Cc1c(NC(=O)CCN2CCCN(C(C)(C)C)CC2)cccc1[N+](=O)[O-]. The third kappa shape index (κ3) is 5.51. The van der Waals surface area contributed by atoms with E-state index in [1.807, 2.05) is 0 Å². The largest absolute Gasteiger partial charge is 0.326 e. The molecule has 0 saturated carbocycles. The topological polar surface area (TPSA) is 78.7 Å². The van der Waals surface area contributed by atoms with Crippen molar-refractivity contribution in [3.05, 3.63) is 33.9 Å². The molecule has 1 heterocycles. The van der Waals surface area contributed by atoms with Gasteiger partial charge in [0.2, 0.25) is 5.91 Å². The van der Waals surface area contributed by atoms with Crippen LogP contribution in [-0.4, -0.2) is 58.9 Å². The molecule has 0 atom stereocenters. The first-order valence-corrected chi connectivity index (χ1v) is 9.20. The van der Waals surface area contributed by atoms with Gasteiger partial charge in [0.05, 0.1) is 16.2 Å². The minimum Gasteiger partial charge on any atom is -0.326 e. The number of nitrogens with one attached hydrogen (secondary N) is 1. The van der Waals surface area contributed by atoms with E-state index in [0.29, 0.717) is 24.2 Å². The Kier molecular flexibility index (Phi) is 6.72. The summed E-state index contributed by atoms with van der Waals surface area (Å²) in [5.41, 5.74) is 1.20. The summed E-state index contributed by atoms with van der Waals surface area (Å²) in [5, 5.41) is 13.8. The summed E-state index contributed by atoms with van der Waals surface area (Å²) in [5.74, 6) is -0.106. The van der Waals surface area contributed by atoms with Crippen molar-refractivity contribution in [3.8, 4) is 0 Å². The lowest BCUT2D eigenvalue weighted by Crippen LogP contribution is -2.43. The highest BCUT2D eigenvalue weighted by Gasteiger charge is 2.24. The van der Waals surface area contributed by atoms with Gasteiger partial charge in [-0.2, -0.15) is 0 Å². The van der Waals surface area contributed by atoms with E-state index in [1.54, 1.807) is 19.1 Å². The van der Waals surface area contributed by atoms with Gasteiger partial charge in [0, 0.05) is 37.7 Å². The number of rotatable bonds is 5. The third-order valence-corrected chi connectivity index (χ3v) is 4.97. The zero-order valence-electron chi connectivity index (χ0n) is 16.2. The smallest absolute Gasteiger partial charge is 0.274 e. The number of amides is 1. The van der Waals surface area contributed by atoms with E-state index >= 15 is 0 Å². The fraction of sp³-hybridized carbons (Fsp3) is 0.632. The van der Waals surface area contributed by atoms with Crippen molar-refractivity contribution in [1.29, 1.82) is 0 Å². The molecule has 1 aromatic rings. The fourth-order valence-electron chi connectivity index (χ4n) is 3.29. The monoisotopic (exact) mass is 362 g/mol. The molecule has 0 aromatic heterocycles. The van der Waals surface area contributed by atoms with Crippen molar-refractivity contribution in [2.75, 3.05) is 38.0 Å².